The van der Waals surface area contributed by atoms with Gasteiger partial charge in [0, 0.05) is 0 Å². The average molecular weight is 76.1 g/mol. The lowest BCUT2D eigenvalue weighted by molar-refractivity contribution is -0.135. The van der Waals surface area contributed by atoms with E-state index >= 15 is 0 Å². The van der Waals surface area contributed by atoms with Crippen LogP contribution in [0.5, 0.6) is 0 Å². The molecular weight excluding hydrogens is 70.0 g/mol. The number of carbonyl (C=O) groups is 1. The van der Waals surface area contributed by atoms with Gasteiger partial charge in [-0.1, -0.05) is 0 Å². The molecule has 30 valence electrons. The third-order valence-electron chi connectivity index (χ3n) is 0.143. The zero-order valence-corrected chi connectivity index (χ0v) is 2.51. The van der Waals surface area contributed by atoms with Crippen molar-refractivity contribution in [3.8, 4) is 0 Å². The molecule has 0 bridgehead atoms. The predicted octanol–water partition coefficient (Wildman–Crippen LogP) is -0.970. The topological polar surface area (TPSA) is 63.3 Å². The second-order valence-electron chi connectivity index (χ2n) is 0.505. The summed E-state index contributed by atoms with van der Waals surface area (Å²) in [7, 11) is 0. The SMILES string of the molecule is [2H]C(N)C(=O)O. The fourth-order valence-electron chi connectivity index (χ4n) is 0. The number of carboxylic acids is 1. The molecule has 5 heavy (non-hydrogen) atoms. The summed E-state index contributed by atoms with van der Waals surface area (Å²) >= 11 is 0. The molecule has 0 fully saturated rings. The molecule has 0 aliphatic carbocycles. The van der Waals surface area contributed by atoms with Gasteiger partial charge in [-0.2, -0.15) is 0 Å². The van der Waals surface area contributed by atoms with Gasteiger partial charge in [-0.3, -0.25) is 4.79 Å². The highest BCUT2D eigenvalue weighted by atomic mass is 16.4. The summed E-state index contributed by atoms with van der Waals surface area (Å²) in [6, 6.07) is 0. The summed E-state index contributed by atoms with van der Waals surface area (Å²) in [4.78, 5) is 9.39. The normalized spacial score (nSPS) is 16.6. The van der Waals surface area contributed by atoms with Crippen molar-refractivity contribution in [1.82, 2.24) is 0 Å². The van der Waals surface area contributed by atoms with Gasteiger partial charge < -0.3 is 10.8 Å². The van der Waals surface area contributed by atoms with Gasteiger partial charge in [0.1, 0.15) is 0 Å². The summed E-state index contributed by atoms with van der Waals surface area (Å²) in [6.45, 7) is -1.48. The first-order chi connectivity index (χ1) is 2.64. The molecule has 0 amide bonds. The average Bonchev–Trinajstić information content (AvgIpc) is 1.36. The van der Waals surface area contributed by atoms with Gasteiger partial charge in [0.15, 0.2) is 0 Å². The Balaban J connectivity index is 3.26. The Labute approximate surface area is 30.8 Å². The van der Waals surface area contributed by atoms with Crippen LogP contribution in [0.1, 0.15) is 1.37 Å². The van der Waals surface area contributed by atoms with Crippen molar-refractivity contribution in [2.45, 2.75) is 0 Å². The molecule has 3 N–H and O–H groups in total. The minimum atomic E-state index is -1.48. The number of rotatable bonds is 1. The van der Waals surface area contributed by atoms with Crippen molar-refractivity contribution in [2.75, 3.05) is 6.52 Å². The molecule has 0 rings (SSSR count). The first-order valence-corrected chi connectivity index (χ1v) is 1.05. The molecule has 0 radical (unpaired) electrons. The molecule has 0 aromatic carbocycles. The van der Waals surface area contributed by atoms with Gasteiger partial charge in [-0.05, 0) is 0 Å². The highest BCUT2D eigenvalue weighted by Gasteiger charge is 1.81. The van der Waals surface area contributed by atoms with Crippen molar-refractivity contribution in [2.24, 2.45) is 5.73 Å². The lowest BCUT2D eigenvalue weighted by Gasteiger charge is -1.73. The number of hydrogen-bond acceptors (Lipinski definition) is 2. The van der Waals surface area contributed by atoms with E-state index in [-0.39, 0.29) is 0 Å². The second kappa shape index (κ2) is 1.72. The minimum absolute atomic E-state index is 1.30. The molecule has 0 heterocycles. The molecule has 0 saturated heterocycles. The monoisotopic (exact) mass is 76.0 g/mol. The van der Waals surface area contributed by atoms with E-state index in [1.54, 1.807) is 0 Å². The van der Waals surface area contributed by atoms with Crippen molar-refractivity contribution in [3.63, 3.8) is 0 Å². The standard InChI is InChI=1S/C2H5NO2/c3-1-2(4)5/h1,3H2,(H,4,5)/i1D. The first kappa shape index (κ1) is 2.66. The van der Waals surface area contributed by atoms with E-state index in [0.717, 1.165) is 0 Å². The Morgan fingerprint density at radius 1 is 2.40 bits per heavy atom. The number of carboxylic acid groups (broad SMARTS) is 1. The Bertz CT molecular complexity index is 62.6. The molecule has 3 nitrogen and oxygen atoms in total. The van der Waals surface area contributed by atoms with E-state index in [9.17, 15) is 4.79 Å². The Morgan fingerprint density at radius 2 is 2.60 bits per heavy atom. The molecule has 1 atom stereocenters. The van der Waals surface area contributed by atoms with Gasteiger partial charge in [0.2, 0.25) is 0 Å². The maximum atomic E-state index is 9.39. The van der Waals surface area contributed by atoms with Crippen molar-refractivity contribution in [1.29, 1.82) is 0 Å². The molecule has 0 saturated carbocycles. The van der Waals surface area contributed by atoms with Crippen LogP contribution in [-0.4, -0.2) is 17.6 Å². The number of nitrogens with two attached hydrogens (primary N) is 1. The van der Waals surface area contributed by atoms with Crippen LogP contribution in [0.4, 0.5) is 0 Å². The summed E-state index contributed by atoms with van der Waals surface area (Å²) in [5.74, 6) is -1.30. The van der Waals surface area contributed by atoms with Crippen molar-refractivity contribution >= 4 is 5.97 Å². The number of hydrogen-bond donors (Lipinski definition) is 2. The third-order valence-corrected chi connectivity index (χ3v) is 0.143. The van der Waals surface area contributed by atoms with E-state index in [1.165, 1.54) is 0 Å². The maximum Gasteiger partial charge on any atom is 0.317 e. The predicted molar refractivity (Wildman–Crippen MR) is 16.7 cm³/mol. The molecule has 0 aliphatic rings. The Morgan fingerprint density at radius 3 is 2.60 bits per heavy atom. The van der Waals surface area contributed by atoms with E-state index in [1.807, 2.05) is 0 Å². The van der Waals surface area contributed by atoms with Crippen LogP contribution < -0.4 is 5.73 Å². The second-order valence-corrected chi connectivity index (χ2v) is 0.505. The van der Waals surface area contributed by atoms with Crippen LogP contribution in [0.15, 0.2) is 0 Å². The number of aliphatic carboxylic acids is 1. The van der Waals surface area contributed by atoms with Crippen LogP contribution in [0.3, 0.4) is 0 Å². The summed E-state index contributed by atoms with van der Waals surface area (Å²) in [5.41, 5.74) is 4.50. The maximum absolute atomic E-state index is 9.39. The smallest absolute Gasteiger partial charge is 0.317 e. The largest absolute Gasteiger partial charge is 0.480 e. The van der Waals surface area contributed by atoms with Crippen LogP contribution in [0, 0.1) is 0 Å². The lowest BCUT2D eigenvalue weighted by atomic mass is 10.7. The fourth-order valence-corrected chi connectivity index (χ4v) is 0. The van der Waals surface area contributed by atoms with Crippen molar-refractivity contribution < 1.29 is 11.3 Å². The highest BCUT2D eigenvalue weighted by molar-refractivity contribution is 5.68. The van der Waals surface area contributed by atoms with E-state index in [0.29, 0.717) is 0 Å². The zero-order valence-electron chi connectivity index (χ0n) is 3.51. The minimum Gasteiger partial charge on any atom is -0.480 e. The molecule has 0 aromatic heterocycles. The Hall–Kier alpha value is -0.570. The zero-order chi connectivity index (χ0) is 5.15. The van der Waals surface area contributed by atoms with Crippen LogP contribution in [0.25, 0.3) is 0 Å². The molecule has 0 spiro atoms. The van der Waals surface area contributed by atoms with Gasteiger partial charge in [-0.25, -0.2) is 0 Å². The molecular formula is C2H5NO2. The van der Waals surface area contributed by atoms with E-state index in [4.69, 9.17) is 6.48 Å². The molecule has 3 heteroatoms. The summed E-state index contributed by atoms with van der Waals surface area (Å²) in [5, 5.41) is 7.68. The van der Waals surface area contributed by atoms with Gasteiger partial charge in [0.25, 0.3) is 0 Å². The van der Waals surface area contributed by atoms with Gasteiger partial charge in [-0.15, -0.1) is 0 Å². The van der Waals surface area contributed by atoms with Crippen LogP contribution in [0.2, 0.25) is 0 Å². The first-order valence-electron chi connectivity index (χ1n) is 1.63. The Kier molecular flexibility index (Phi) is 0.914. The lowest BCUT2D eigenvalue weighted by Crippen LogP contribution is -2.10. The van der Waals surface area contributed by atoms with E-state index in [2.05, 4.69) is 5.73 Å². The van der Waals surface area contributed by atoms with Gasteiger partial charge in [0.05, 0.1) is 7.89 Å². The summed E-state index contributed by atoms with van der Waals surface area (Å²) < 4.78 is 6.21. The van der Waals surface area contributed by atoms with Crippen LogP contribution >= 0.6 is 0 Å². The van der Waals surface area contributed by atoms with Gasteiger partial charge >= 0.3 is 5.97 Å². The highest BCUT2D eigenvalue weighted by Crippen LogP contribution is 1.43. The van der Waals surface area contributed by atoms with Crippen molar-refractivity contribution in [3.05, 3.63) is 0 Å². The van der Waals surface area contributed by atoms with Crippen LogP contribution in [-0.2, 0) is 4.79 Å². The molecule has 0 aliphatic heterocycles. The quantitative estimate of drug-likeness (QED) is 0.422. The third kappa shape index (κ3) is 3.43. The fraction of sp³-hybridized carbons (Fsp3) is 0.500. The molecule has 1 unspecified atom stereocenters. The summed E-state index contributed by atoms with van der Waals surface area (Å²) in [6.07, 6.45) is 0. The van der Waals surface area contributed by atoms with E-state index < -0.39 is 12.5 Å². The molecule has 0 aromatic rings.